The Bertz CT molecular complexity index is 358. The van der Waals surface area contributed by atoms with Gasteiger partial charge in [-0.3, -0.25) is 19.4 Å². The van der Waals surface area contributed by atoms with Gasteiger partial charge < -0.3 is 0 Å². The van der Waals surface area contributed by atoms with E-state index in [0.29, 0.717) is 18.5 Å². The summed E-state index contributed by atoms with van der Waals surface area (Å²) >= 11 is 0. The Hall–Kier alpha value is -1.16. The summed E-state index contributed by atoms with van der Waals surface area (Å²) in [4.78, 5) is 27.6. The summed E-state index contributed by atoms with van der Waals surface area (Å²) in [6.07, 6.45) is 5.25. The summed E-state index contributed by atoms with van der Waals surface area (Å²) in [5, 5.41) is 0. The molecule has 0 radical (unpaired) electrons. The first-order valence-electron chi connectivity index (χ1n) is 5.78. The number of fused-ring (bicyclic) bond motifs is 5. The molecule has 3 rings (SSSR count). The normalized spacial score (nSPS) is 40.3. The number of allylic oxidation sites excluding steroid dienone is 2. The Morgan fingerprint density at radius 1 is 1.19 bits per heavy atom. The second-order valence-corrected chi connectivity index (χ2v) is 5.33. The average molecular weight is 220 g/mol. The van der Waals surface area contributed by atoms with Gasteiger partial charge >= 0.3 is 0 Å². The fraction of sp³-hybridized carbons (Fsp3) is 0.667. The molecule has 86 valence electrons. The third kappa shape index (κ3) is 1.13. The number of rotatable bonds is 2. The van der Waals surface area contributed by atoms with Crippen LogP contribution >= 0.6 is 0 Å². The molecular weight excluding hydrogens is 204 g/mol. The largest absolute Gasteiger partial charge is 0.292 e. The summed E-state index contributed by atoms with van der Waals surface area (Å²) in [6.45, 7) is 0.421. The maximum Gasteiger partial charge on any atom is 0.234 e. The van der Waals surface area contributed by atoms with E-state index >= 15 is 0 Å². The minimum absolute atomic E-state index is 0.0422. The predicted molar refractivity (Wildman–Crippen MR) is 58.1 cm³/mol. The second kappa shape index (κ2) is 3.17. The van der Waals surface area contributed by atoms with Crippen LogP contribution in [0, 0.1) is 23.7 Å². The molecule has 4 heteroatoms. The molecule has 1 saturated carbocycles. The Morgan fingerprint density at radius 2 is 1.69 bits per heavy atom. The van der Waals surface area contributed by atoms with Crippen molar-refractivity contribution in [1.29, 1.82) is 0 Å². The fourth-order valence-electron chi connectivity index (χ4n) is 3.39. The van der Waals surface area contributed by atoms with Crippen molar-refractivity contribution >= 4 is 11.8 Å². The third-order valence-corrected chi connectivity index (χ3v) is 3.99. The van der Waals surface area contributed by atoms with Crippen LogP contribution in [0.2, 0.25) is 0 Å². The van der Waals surface area contributed by atoms with Crippen LogP contribution in [0.1, 0.15) is 6.42 Å². The molecule has 2 bridgehead atoms. The molecule has 0 aromatic rings. The van der Waals surface area contributed by atoms with Gasteiger partial charge in [0.2, 0.25) is 11.8 Å². The Balaban J connectivity index is 1.89. The molecule has 3 aliphatic rings. The highest BCUT2D eigenvalue weighted by molar-refractivity contribution is 6.06. The van der Waals surface area contributed by atoms with Gasteiger partial charge in [-0.2, -0.15) is 0 Å². The van der Waals surface area contributed by atoms with Crippen molar-refractivity contribution < 1.29 is 9.59 Å². The average Bonchev–Trinajstić information content (AvgIpc) is 2.87. The molecule has 0 spiro atoms. The van der Waals surface area contributed by atoms with Crippen LogP contribution in [-0.2, 0) is 9.59 Å². The van der Waals surface area contributed by atoms with Gasteiger partial charge in [-0.15, -0.1) is 0 Å². The van der Waals surface area contributed by atoms with Crippen molar-refractivity contribution in [2.75, 3.05) is 20.8 Å². The van der Waals surface area contributed by atoms with Gasteiger partial charge in [-0.05, 0) is 32.4 Å². The number of imide groups is 1. The monoisotopic (exact) mass is 220 g/mol. The van der Waals surface area contributed by atoms with Crippen molar-refractivity contribution in [2.45, 2.75) is 6.42 Å². The Kier molecular flexibility index (Phi) is 1.98. The number of hydrogen-bond donors (Lipinski definition) is 0. The van der Waals surface area contributed by atoms with E-state index < -0.39 is 0 Å². The predicted octanol–water partition coefficient (Wildman–Crippen LogP) is 0.313. The lowest BCUT2D eigenvalue weighted by Crippen LogP contribution is -2.39. The van der Waals surface area contributed by atoms with E-state index in [9.17, 15) is 9.59 Å². The molecule has 1 saturated heterocycles. The van der Waals surface area contributed by atoms with E-state index in [2.05, 4.69) is 12.2 Å². The van der Waals surface area contributed by atoms with Crippen LogP contribution < -0.4 is 0 Å². The van der Waals surface area contributed by atoms with Crippen LogP contribution in [0.4, 0.5) is 0 Å². The number of carbonyl (C=O) groups is 2. The summed E-state index contributed by atoms with van der Waals surface area (Å²) in [5.41, 5.74) is 0. The van der Waals surface area contributed by atoms with E-state index in [-0.39, 0.29) is 23.7 Å². The summed E-state index contributed by atoms with van der Waals surface area (Å²) in [6, 6.07) is 0. The first-order valence-corrected chi connectivity index (χ1v) is 5.78. The van der Waals surface area contributed by atoms with Gasteiger partial charge in [-0.25, -0.2) is 0 Å². The lowest BCUT2D eigenvalue weighted by Gasteiger charge is -2.20. The van der Waals surface area contributed by atoms with Crippen molar-refractivity contribution in [1.82, 2.24) is 9.80 Å². The minimum Gasteiger partial charge on any atom is -0.292 e. The number of nitrogens with zero attached hydrogens (tertiary/aromatic N) is 2. The van der Waals surface area contributed by atoms with Crippen molar-refractivity contribution in [3.63, 3.8) is 0 Å². The lowest BCUT2D eigenvalue weighted by atomic mass is 9.85. The van der Waals surface area contributed by atoms with Gasteiger partial charge in [0.1, 0.15) is 0 Å². The highest BCUT2D eigenvalue weighted by atomic mass is 16.2. The summed E-state index contributed by atoms with van der Waals surface area (Å²) in [7, 11) is 3.75. The molecule has 16 heavy (non-hydrogen) atoms. The highest BCUT2D eigenvalue weighted by Gasteiger charge is 2.59. The molecule has 2 aliphatic carbocycles. The van der Waals surface area contributed by atoms with Crippen LogP contribution in [0.25, 0.3) is 0 Å². The minimum atomic E-state index is -0.0533. The van der Waals surface area contributed by atoms with Gasteiger partial charge in [0.05, 0.1) is 18.5 Å². The maximum absolute atomic E-state index is 12.2. The zero-order valence-corrected chi connectivity index (χ0v) is 9.59. The summed E-state index contributed by atoms with van der Waals surface area (Å²) in [5.74, 6) is 0.614. The molecule has 1 heterocycles. The molecule has 4 nitrogen and oxygen atoms in total. The van der Waals surface area contributed by atoms with Crippen molar-refractivity contribution in [3.05, 3.63) is 12.2 Å². The van der Waals surface area contributed by atoms with Gasteiger partial charge in [-0.1, -0.05) is 12.2 Å². The highest BCUT2D eigenvalue weighted by Crippen LogP contribution is 2.52. The van der Waals surface area contributed by atoms with Crippen LogP contribution in [-0.4, -0.2) is 42.4 Å². The number of hydrogen-bond acceptors (Lipinski definition) is 3. The molecule has 4 unspecified atom stereocenters. The Morgan fingerprint density at radius 3 is 2.12 bits per heavy atom. The van der Waals surface area contributed by atoms with Gasteiger partial charge in [0, 0.05) is 0 Å². The zero-order valence-electron chi connectivity index (χ0n) is 9.59. The van der Waals surface area contributed by atoms with Crippen molar-refractivity contribution in [2.24, 2.45) is 23.7 Å². The molecule has 4 atom stereocenters. The summed E-state index contributed by atoms with van der Waals surface area (Å²) < 4.78 is 0. The van der Waals surface area contributed by atoms with E-state index in [0.717, 1.165) is 6.42 Å². The molecule has 0 aromatic heterocycles. The molecule has 0 N–H and O–H groups in total. The maximum atomic E-state index is 12.2. The topological polar surface area (TPSA) is 40.6 Å². The van der Waals surface area contributed by atoms with Crippen molar-refractivity contribution in [3.8, 4) is 0 Å². The third-order valence-electron chi connectivity index (χ3n) is 3.99. The first kappa shape index (κ1) is 10.0. The molecule has 0 aromatic carbocycles. The smallest absolute Gasteiger partial charge is 0.234 e. The van der Waals surface area contributed by atoms with Gasteiger partial charge in [0.15, 0.2) is 0 Å². The first-order chi connectivity index (χ1) is 7.59. The van der Waals surface area contributed by atoms with Gasteiger partial charge in [0.25, 0.3) is 0 Å². The van der Waals surface area contributed by atoms with E-state index in [1.54, 1.807) is 0 Å². The standard InChI is InChI=1S/C12H16N2O2/c1-13(2)6-14-11(15)9-7-3-4-8(5-7)10(9)12(14)16/h3-4,7-10H,5-6H2,1-2H3. The molecule has 1 aliphatic heterocycles. The zero-order chi connectivity index (χ0) is 11.4. The van der Waals surface area contributed by atoms with E-state index in [1.165, 1.54) is 4.90 Å². The second-order valence-electron chi connectivity index (χ2n) is 5.33. The van der Waals surface area contributed by atoms with Crippen LogP contribution in [0.5, 0.6) is 0 Å². The number of carbonyl (C=O) groups excluding carboxylic acids is 2. The van der Waals surface area contributed by atoms with E-state index in [1.807, 2.05) is 19.0 Å². The fourth-order valence-corrected chi connectivity index (χ4v) is 3.39. The lowest BCUT2D eigenvalue weighted by molar-refractivity contribution is -0.142. The molecular formula is C12H16N2O2. The molecule has 2 amide bonds. The van der Waals surface area contributed by atoms with Crippen LogP contribution in [0.3, 0.4) is 0 Å². The number of amides is 2. The van der Waals surface area contributed by atoms with Crippen LogP contribution in [0.15, 0.2) is 12.2 Å². The SMILES string of the molecule is CN(C)CN1C(=O)C2C3C=CC(C3)C2C1=O. The quantitative estimate of drug-likeness (QED) is 0.497. The number of likely N-dealkylation sites (tertiary alicyclic amines) is 1. The molecule has 2 fully saturated rings. The van der Waals surface area contributed by atoms with E-state index in [4.69, 9.17) is 0 Å². The Labute approximate surface area is 94.9 Å².